The summed E-state index contributed by atoms with van der Waals surface area (Å²) in [6.45, 7) is 3.82. The van der Waals surface area contributed by atoms with Gasteiger partial charge in [-0.15, -0.1) is 0 Å². The lowest BCUT2D eigenvalue weighted by Gasteiger charge is -2.35. The Morgan fingerprint density at radius 3 is 2.75 bits per heavy atom. The molecule has 0 atom stereocenters. The number of nitrogens with two attached hydrogens (primary N) is 1. The smallest absolute Gasteiger partial charge is 0.129 e. The van der Waals surface area contributed by atoms with Gasteiger partial charge < -0.3 is 15.8 Å². The number of hydrogen-bond donors (Lipinski definition) is 2. The predicted molar refractivity (Wildman–Crippen MR) is 73.4 cm³/mol. The minimum atomic E-state index is 0.0716. The van der Waals surface area contributed by atoms with E-state index >= 15 is 0 Å². The Hall–Kier alpha value is -0.560. The quantitative estimate of drug-likeness (QED) is 0.815. The Balaban J connectivity index is 2.13. The van der Waals surface area contributed by atoms with E-state index in [0.29, 0.717) is 5.82 Å². The molecule has 4 nitrogen and oxygen atoms in total. The molecule has 1 fully saturated rings. The second-order valence-electron chi connectivity index (χ2n) is 4.39. The van der Waals surface area contributed by atoms with Crippen molar-refractivity contribution >= 4 is 34.2 Å². The highest BCUT2D eigenvalue weighted by molar-refractivity contribution is 14.1. The lowest BCUT2D eigenvalue weighted by molar-refractivity contribution is 0.0657. The first kappa shape index (κ1) is 11.9. The van der Waals surface area contributed by atoms with Crippen LogP contribution in [0, 0.1) is 3.57 Å². The van der Waals surface area contributed by atoms with Crippen molar-refractivity contribution in [1.29, 1.82) is 0 Å². The van der Waals surface area contributed by atoms with E-state index < -0.39 is 0 Å². The Morgan fingerprint density at radius 1 is 1.44 bits per heavy atom. The molecule has 1 aromatic heterocycles. The first-order chi connectivity index (χ1) is 7.57. The highest BCUT2D eigenvalue weighted by Crippen LogP contribution is 2.25. The van der Waals surface area contributed by atoms with Gasteiger partial charge in [0.15, 0.2) is 0 Å². The molecule has 0 amide bonds. The molecule has 1 aromatic rings. The van der Waals surface area contributed by atoms with Crippen molar-refractivity contribution in [2.45, 2.75) is 25.3 Å². The van der Waals surface area contributed by atoms with Crippen LogP contribution in [0.1, 0.15) is 19.8 Å². The van der Waals surface area contributed by atoms with E-state index in [9.17, 15) is 0 Å². The van der Waals surface area contributed by atoms with Crippen molar-refractivity contribution in [3.8, 4) is 0 Å². The second kappa shape index (κ2) is 4.75. The van der Waals surface area contributed by atoms with Crippen molar-refractivity contribution in [2.75, 3.05) is 24.3 Å². The molecule has 0 spiro atoms. The Morgan fingerprint density at radius 2 is 2.12 bits per heavy atom. The normalized spacial score (nSPS) is 19.4. The maximum absolute atomic E-state index is 5.73. The topological polar surface area (TPSA) is 60.2 Å². The van der Waals surface area contributed by atoms with E-state index in [2.05, 4.69) is 39.8 Å². The van der Waals surface area contributed by atoms with Crippen molar-refractivity contribution in [3.05, 3.63) is 15.7 Å². The van der Waals surface area contributed by atoms with Gasteiger partial charge in [-0.05, 0) is 54.5 Å². The summed E-state index contributed by atoms with van der Waals surface area (Å²) in [5, 5.41) is 3.46. The van der Waals surface area contributed by atoms with Crippen molar-refractivity contribution in [1.82, 2.24) is 4.98 Å². The maximum atomic E-state index is 5.73. The summed E-state index contributed by atoms with van der Waals surface area (Å²) in [5.41, 5.74) is 5.80. The van der Waals surface area contributed by atoms with Gasteiger partial charge in [0.05, 0.1) is 0 Å². The average molecular weight is 333 g/mol. The van der Waals surface area contributed by atoms with Crippen LogP contribution in [-0.2, 0) is 4.74 Å². The van der Waals surface area contributed by atoms with Crippen LogP contribution in [-0.4, -0.2) is 23.7 Å². The molecule has 0 radical (unpaired) electrons. The van der Waals surface area contributed by atoms with Gasteiger partial charge in [-0.3, -0.25) is 0 Å². The molecular formula is C11H16IN3O. The highest BCUT2D eigenvalue weighted by Gasteiger charge is 2.27. The molecule has 5 heteroatoms. The van der Waals surface area contributed by atoms with Crippen LogP contribution < -0.4 is 11.1 Å². The Labute approximate surface area is 109 Å². The summed E-state index contributed by atoms with van der Waals surface area (Å²) in [7, 11) is 0. The molecule has 88 valence electrons. The van der Waals surface area contributed by atoms with Gasteiger partial charge in [0, 0.05) is 22.3 Å². The van der Waals surface area contributed by atoms with Crippen LogP contribution in [0.3, 0.4) is 0 Å². The molecule has 1 aliphatic heterocycles. The van der Waals surface area contributed by atoms with Gasteiger partial charge in [-0.1, -0.05) is 0 Å². The number of halogens is 1. The zero-order valence-electron chi connectivity index (χ0n) is 9.29. The third kappa shape index (κ3) is 2.98. The molecule has 0 aromatic carbocycles. The molecule has 0 bridgehead atoms. The molecule has 0 saturated carbocycles. The van der Waals surface area contributed by atoms with Gasteiger partial charge in [0.1, 0.15) is 11.6 Å². The maximum Gasteiger partial charge on any atom is 0.129 e. The summed E-state index contributed by atoms with van der Waals surface area (Å²) in [6.07, 6.45) is 2.00. The van der Waals surface area contributed by atoms with Gasteiger partial charge in [0.25, 0.3) is 0 Å². The summed E-state index contributed by atoms with van der Waals surface area (Å²) in [6, 6.07) is 3.87. The predicted octanol–water partition coefficient (Wildman–Crippen LogP) is 2.25. The summed E-state index contributed by atoms with van der Waals surface area (Å²) in [5.74, 6) is 1.42. The van der Waals surface area contributed by atoms with E-state index in [0.717, 1.165) is 35.4 Å². The molecule has 2 rings (SSSR count). The van der Waals surface area contributed by atoms with Gasteiger partial charge in [-0.2, -0.15) is 0 Å². The van der Waals surface area contributed by atoms with Gasteiger partial charge >= 0.3 is 0 Å². The Bertz CT molecular complexity index is 357. The van der Waals surface area contributed by atoms with Gasteiger partial charge in [0.2, 0.25) is 0 Å². The fourth-order valence-corrected chi connectivity index (χ4v) is 2.45. The number of anilines is 2. The third-order valence-electron chi connectivity index (χ3n) is 2.84. The molecule has 1 aliphatic rings. The average Bonchev–Trinajstić information content (AvgIpc) is 2.15. The van der Waals surface area contributed by atoms with Gasteiger partial charge in [-0.25, -0.2) is 4.98 Å². The van der Waals surface area contributed by atoms with Crippen LogP contribution in [0.25, 0.3) is 0 Å². The van der Waals surface area contributed by atoms with Crippen LogP contribution in [0.4, 0.5) is 11.6 Å². The fraction of sp³-hybridized carbons (Fsp3) is 0.545. The zero-order valence-corrected chi connectivity index (χ0v) is 11.5. The lowest BCUT2D eigenvalue weighted by Crippen LogP contribution is -2.40. The van der Waals surface area contributed by atoms with Crippen LogP contribution in [0.5, 0.6) is 0 Å². The summed E-state index contributed by atoms with van der Waals surface area (Å²) < 4.78 is 6.46. The number of pyridine rings is 1. The number of nitrogen functional groups attached to an aromatic ring is 1. The van der Waals surface area contributed by atoms with E-state index in [1.165, 1.54) is 0 Å². The number of hydrogen-bond acceptors (Lipinski definition) is 4. The molecule has 0 unspecified atom stereocenters. The number of aromatic nitrogens is 1. The number of nitrogens with zero attached hydrogens (tertiary/aromatic N) is 1. The Kier molecular flexibility index (Phi) is 3.53. The van der Waals surface area contributed by atoms with E-state index in [4.69, 9.17) is 10.5 Å². The first-order valence-corrected chi connectivity index (χ1v) is 6.44. The highest BCUT2D eigenvalue weighted by atomic mass is 127. The van der Waals surface area contributed by atoms with E-state index in [-0.39, 0.29) is 5.54 Å². The standard InChI is InChI=1S/C11H16IN3O/c1-11(2-4-16-5-3-11)15-10-7-8(12)6-9(13)14-10/h6-7H,2-5H2,1H3,(H3,13,14,15). The van der Waals surface area contributed by atoms with Crippen LogP contribution >= 0.6 is 22.6 Å². The van der Waals surface area contributed by atoms with E-state index in [1.54, 1.807) is 0 Å². The monoisotopic (exact) mass is 333 g/mol. The number of rotatable bonds is 2. The number of ether oxygens (including phenoxy) is 1. The fourth-order valence-electron chi connectivity index (χ4n) is 1.84. The minimum Gasteiger partial charge on any atom is -0.384 e. The van der Waals surface area contributed by atoms with Crippen LogP contribution in [0.15, 0.2) is 12.1 Å². The molecule has 16 heavy (non-hydrogen) atoms. The molecule has 2 heterocycles. The second-order valence-corrected chi connectivity index (χ2v) is 5.64. The zero-order chi connectivity index (χ0) is 11.6. The number of nitrogens with one attached hydrogen (secondary N) is 1. The first-order valence-electron chi connectivity index (χ1n) is 5.36. The lowest BCUT2D eigenvalue weighted by atomic mass is 9.92. The minimum absolute atomic E-state index is 0.0716. The SMILES string of the molecule is CC1(Nc2cc(I)cc(N)n2)CCOCC1. The molecule has 1 saturated heterocycles. The van der Waals surface area contributed by atoms with Crippen molar-refractivity contribution in [3.63, 3.8) is 0 Å². The van der Waals surface area contributed by atoms with Crippen LogP contribution in [0.2, 0.25) is 0 Å². The van der Waals surface area contributed by atoms with E-state index in [1.807, 2.05) is 12.1 Å². The van der Waals surface area contributed by atoms with Crippen molar-refractivity contribution in [2.24, 2.45) is 0 Å². The molecule has 3 N–H and O–H groups in total. The third-order valence-corrected chi connectivity index (χ3v) is 3.46. The summed E-state index contributed by atoms with van der Waals surface area (Å²) >= 11 is 2.25. The molecule has 0 aliphatic carbocycles. The largest absolute Gasteiger partial charge is 0.384 e. The summed E-state index contributed by atoms with van der Waals surface area (Å²) in [4.78, 5) is 4.29. The molecular weight excluding hydrogens is 317 g/mol. The van der Waals surface area contributed by atoms with Crippen molar-refractivity contribution < 1.29 is 4.74 Å².